The van der Waals surface area contributed by atoms with Crippen LogP contribution in [0.2, 0.25) is 5.02 Å². The Hall–Kier alpha value is -1.61. The van der Waals surface area contributed by atoms with Crippen molar-refractivity contribution in [3.05, 3.63) is 53.1 Å². The van der Waals surface area contributed by atoms with Crippen molar-refractivity contribution in [1.29, 1.82) is 0 Å². The standard InChI is InChI=1S/C12H7ClF2O/c13-11-4-1-7(14)5-10(11)9-3-2-8(16)6-12(9)15/h1-6,16H. The highest BCUT2D eigenvalue weighted by atomic mass is 35.5. The predicted molar refractivity (Wildman–Crippen MR) is 58.5 cm³/mol. The Morgan fingerprint density at radius 3 is 2.38 bits per heavy atom. The third-order valence-corrected chi connectivity index (χ3v) is 2.50. The first kappa shape index (κ1) is 10.9. The zero-order valence-corrected chi connectivity index (χ0v) is 8.80. The first-order valence-electron chi connectivity index (χ1n) is 4.52. The van der Waals surface area contributed by atoms with Crippen LogP contribution >= 0.6 is 11.6 Å². The Morgan fingerprint density at radius 1 is 0.938 bits per heavy atom. The fraction of sp³-hybridized carbons (Fsp3) is 0. The highest BCUT2D eigenvalue weighted by Crippen LogP contribution is 2.31. The van der Waals surface area contributed by atoms with Gasteiger partial charge in [-0.15, -0.1) is 0 Å². The third-order valence-electron chi connectivity index (χ3n) is 2.17. The van der Waals surface area contributed by atoms with Crippen molar-refractivity contribution < 1.29 is 13.9 Å². The van der Waals surface area contributed by atoms with Gasteiger partial charge in [-0.05, 0) is 30.3 Å². The summed E-state index contributed by atoms with van der Waals surface area (Å²) in [6, 6.07) is 7.34. The molecule has 0 amide bonds. The van der Waals surface area contributed by atoms with Gasteiger partial charge in [0.2, 0.25) is 0 Å². The molecule has 0 spiro atoms. The average Bonchev–Trinajstić information content (AvgIpc) is 2.22. The lowest BCUT2D eigenvalue weighted by Gasteiger charge is -2.06. The van der Waals surface area contributed by atoms with E-state index in [1.807, 2.05) is 0 Å². The SMILES string of the molecule is Oc1ccc(-c2cc(F)ccc2Cl)c(F)c1. The van der Waals surface area contributed by atoms with Gasteiger partial charge in [0.15, 0.2) is 0 Å². The van der Waals surface area contributed by atoms with Gasteiger partial charge < -0.3 is 5.11 Å². The van der Waals surface area contributed by atoms with E-state index >= 15 is 0 Å². The second kappa shape index (κ2) is 4.10. The number of phenols is 1. The van der Waals surface area contributed by atoms with Gasteiger partial charge in [0.25, 0.3) is 0 Å². The first-order valence-corrected chi connectivity index (χ1v) is 4.89. The van der Waals surface area contributed by atoms with Gasteiger partial charge in [-0.1, -0.05) is 11.6 Å². The maximum absolute atomic E-state index is 13.5. The largest absolute Gasteiger partial charge is 0.508 e. The topological polar surface area (TPSA) is 20.2 Å². The van der Waals surface area contributed by atoms with Crippen molar-refractivity contribution in [2.45, 2.75) is 0 Å². The molecule has 0 aliphatic rings. The molecule has 1 nitrogen and oxygen atoms in total. The van der Waals surface area contributed by atoms with Crippen LogP contribution < -0.4 is 0 Å². The highest BCUT2D eigenvalue weighted by molar-refractivity contribution is 6.33. The molecule has 82 valence electrons. The smallest absolute Gasteiger partial charge is 0.134 e. The lowest BCUT2D eigenvalue weighted by atomic mass is 10.0. The average molecular weight is 241 g/mol. The van der Waals surface area contributed by atoms with Crippen molar-refractivity contribution in [3.8, 4) is 16.9 Å². The molecular weight excluding hydrogens is 234 g/mol. The lowest BCUT2D eigenvalue weighted by Crippen LogP contribution is -1.86. The molecule has 0 atom stereocenters. The Morgan fingerprint density at radius 2 is 1.69 bits per heavy atom. The van der Waals surface area contributed by atoms with Crippen LogP contribution in [0.15, 0.2) is 36.4 Å². The van der Waals surface area contributed by atoms with Gasteiger partial charge >= 0.3 is 0 Å². The second-order valence-electron chi connectivity index (χ2n) is 3.29. The molecule has 2 aromatic carbocycles. The van der Waals surface area contributed by atoms with Crippen LogP contribution in [-0.2, 0) is 0 Å². The van der Waals surface area contributed by atoms with Crippen LogP contribution in [0.25, 0.3) is 11.1 Å². The van der Waals surface area contributed by atoms with Crippen molar-refractivity contribution in [3.63, 3.8) is 0 Å². The summed E-state index contributed by atoms with van der Waals surface area (Å²) in [6.07, 6.45) is 0. The molecule has 2 rings (SSSR count). The van der Waals surface area contributed by atoms with E-state index in [-0.39, 0.29) is 21.9 Å². The zero-order chi connectivity index (χ0) is 11.7. The van der Waals surface area contributed by atoms with Gasteiger partial charge in [0.05, 0.1) is 0 Å². The Labute approximate surface area is 95.9 Å². The van der Waals surface area contributed by atoms with E-state index in [1.165, 1.54) is 24.3 Å². The van der Waals surface area contributed by atoms with E-state index in [0.29, 0.717) is 0 Å². The second-order valence-corrected chi connectivity index (χ2v) is 3.70. The summed E-state index contributed by atoms with van der Waals surface area (Å²) in [4.78, 5) is 0. The van der Waals surface area contributed by atoms with Crippen molar-refractivity contribution in [1.82, 2.24) is 0 Å². The van der Waals surface area contributed by atoms with Gasteiger partial charge in [-0.2, -0.15) is 0 Å². The van der Waals surface area contributed by atoms with E-state index in [2.05, 4.69) is 0 Å². The van der Waals surface area contributed by atoms with Crippen LogP contribution in [0, 0.1) is 11.6 Å². The molecule has 16 heavy (non-hydrogen) atoms. The van der Waals surface area contributed by atoms with E-state index in [9.17, 15) is 8.78 Å². The van der Waals surface area contributed by atoms with Crippen molar-refractivity contribution in [2.24, 2.45) is 0 Å². The van der Waals surface area contributed by atoms with E-state index in [0.717, 1.165) is 12.1 Å². The molecule has 1 N–H and O–H groups in total. The molecule has 0 saturated carbocycles. The summed E-state index contributed by atoms with van der Waals surface area (Å²) in [6.45, 7) is 0. The van der Waals surface area contributed by atoms with Crippen LogP contribution in [0.1, 0.15) is 0 Å². The summed E-state index contributed by atoms with van der Waals surface area (Å²) in [7, 11) is 0. The summed E-state index contributed by atoms with van der Waals surface area (Å²) < 4.78 is 26.5. The quantitative estimate of drug-likeness (QED) is 0.799. The molecule has 2 aromatic rings. The Balaban J connectivity index is 2.62. The third kappa shape index (κ3) is 1.99. The van der Waals surface area contributed by atoms with E-state index in [4.69, 9.17) is 16.7 Å². The Bertz CT molecular complexity index is 541. The van der Waals surface area contributed by atoms with Crippen LogP contribution in [0.5, 0.6) is 5.75 Å². The van der Waals surface area contributed by atoms with E-state index in [1.54, 1.807) is 0 Å². The van der Waals surface area contributed by atoms with Crippen molar-refractivity contribution >= 4 is 11.6 Å². The monoisotopic (exact) mass is 240 g/mol. The molecule has 0 saturated heterocycles. The minimum absolute atomic E-state index is 0.155. The maximum Gasteiger partial charge on any atom is 0.134 e. The number of aromatic hydroxyl groups is 1. The zero-order valence-electron chi connectivity index (χ0n) is 8.05. The molecule has 0 bridgehead atoms. The van der Waals surface area contributed by atoms with Crippen molar-refractivity contribution in [2.75, 3.05) is 0 Å². The molecule has 0 heterocycles. The van der Waals surface area contributed by atoms with Crippen LogP contribution in [0.4, 0.5) is 8.78 Å². The number of rotatable bonds is 1. The highest BCUT2D eigenvalue weighted by Gasteiger charge is 2.10. The first-order chi connectivity index (χ1) is 7.58. The Kier molecular flexibility index (Phi) is 2.79. The molecule has 0 unspecified atom stereocenters. The van der Waals surface area contributed by atoms with Crippen LogP contribution in [0.3, 0.4) is 0 Å². The molecule has 0 aliphatic heterocycles. The van der Waals surface area contributed by atoms with Gasteiger partial charge in [-0.25, -0.2) is 8.78 Å². The molecule has 0 fully saturated rings. The van der Waals surface area contributed by atoms with Gasteiger partial charge in [-0.3, -0.25) is 0 Å². The number of hydrogen-bond acceptors (Lipinski definition) is 1. The molecule has 0 aromatic heterocycles. The molecular formula is C12H7ClF2O. The molecule has 0 aliphatic carbocycles. The maximum atomic E-state index is 13.5. The fourth-order valence-electron chi connectivity index (χ4n) is 1.43. The number of hydrogen-bond donors (Lipinski definition) is 1. The van der Waals surface area contributed by atoms with Gasteiger partial charge in [0, 0.05) is 22.2 Å². The molecule has 0 radical (unpaired) electrons. The number of halogens is 3. The van der Waals surface area contributed by atoms with E-state index < -0.39 is 11.6 Å². The number of phenolic OH excluding ortho intramolecular Hbond substituents is 1. The summed E-state index contributed by atoms with van der Waals surface area (Å²) in [5, 5.41) is 9.32. The number of benzene rings is 2. The molecule has 4 heteroatoms. The summed E-state index contributed by atoms with van der Waals surface area (Å²) in [5.74, 6) is -1.33. The summed E-state index contributed by atoms with van der Waals surface area (Å²) >= 11 is 5.85. The van der Waals surface area contributed by atoms with Crippen LogP contribution in [-0.4, -0.2) is 5.11 Å². The van der Waals surface area contributed by atoms with Gasteiger partial charge in [0.1, 0.15) is 17.4 Å². The predicted octanol–water partition coefficient (Wildman–Crippen LogP) is 3.99. The summed E-state index contributed by atoms with van der Waals surface area (Å²) in [5.41, 5.74) is 0.418. The minimum atomic E-state index is -0.646. The normalized spacial score (nSPS) is 10.4. The lowest BCUT2D eigenvalue weighted by molar-refractivity contribution is 0.469. The fourth-order valence-corrected chi connectivity index (χ4v) is 1.65. The minimum Gasteiger partial charge on any atom is -0.508 e.